The number of aromatic nitrogens is 6. The van der Waals surface area contributed by atoms with Crippen LogP contribution in [0.4, 0.5) is 17.2 Å². The summed E-state index contributed by atoms with van der Waals surface area (Å²) in [5, 5.41) is 16.5. The summed E-state index contributed by atoms with van der Waals surface area (Å²) in [7, 11) is -3.75. The third-order valence-corrected chi connectivity index (χ3v) is 13.5. The van der Waals surface area contributed by atoms with E-state index in [1.165, 1.54) is 28.8 Å². The first kappa shape index (κ1) is 48.4. The summed E-state index contributed by atoms with van der Waals surface area (Å²) in [5.74, 6) is -2.82. The Labute approximate surface area is 396 Å². The number of piperazine rings is 1. The molecular weight excluding hydrogens is 915 g/mol. The van der Waals surface area contributed by atoms with Gasteiger partial charge in [-0.25, -0.2) is 23.1 Å². The van der Waals surface area contributed by atoms with Gasteiger partial charge in [-0.1, -0.05) is 23.4 Å². The Balaban J connectivity index is 0.669. The minimum Gasteiger partial charge on any atom is -0.382 e. The van der Waals surface area contributed by atoms with E-state index in [1.54, 1.807) is 53.3 Å². The number of nitrogens with two attached hydrogens (primary N) is 1. The van der Waals surface area contributed by atoms with Gasteiger partial charge in [-0.3, -0.25) is 39.2 Å². The Hall–Kier alpha value is -7.09. The van der Waals surface area contributed by atoms with Gasteiger partial charge in [-0.2, -0.15) is 4.31 Å². The van der Waals surface area contributed by atoms with Crippen LogP contribution in [0.3, 0.4) is 0 Å². The number of anilines is 3. The maximum absolute atomic E-state index is 13.6. The van der Waals surface area contributed by atoms with Crippen LogP contribution < -0.4 is 21.7 Å². The second kappa shape index (κ2) is 22.3. The van der Waals surface area contributed by atoms with Gasteiger partial charge in [0.2, 0.25) is 21.8 Å². The fourth-order valence-electron chi connectivity index (χ4n) is 7.93. The van der Waals surface area contributed by atoms with Gasteiger partial charge in [0, 0.05) is 75.8 Å². The quantitative estimate of drug-likeness (QED) is 0.0557. The molecule has 5 amide bonds. The molecule has 0 bridgehead atoms. The second-order valence-corrected chi connectivity index (χ2v) is 18.1. The lowest BCUT2D eigenvalue weighted by atomic mass is 10.0. The summed E-state index contributed by atoms with van der Waals surface area (Å²) in [6.45, 7) is 5.55. The Bertz CT molecular complexity index is 2770. The minimum atomic E-state index is -3.75. The van der Waals surface area contributed by atoms with Crippen molar-refractivity contribution in [3.8, 4) is 11.3 Å². The summed E-state index contributed by atoms with van der Waals surface area (Å²) in [6.07, 6.45) is 7.18. The average Bonchev–Trinajstić information content (AvgIpc) is 3.92. The molecule has 69 heavy (non-hydrogen) atoms. The van der Waals surface area contributed by atoms with Crippen LogP contribution in [-0.2, 0) is 46.8 Å². The number of nitrogens with one attached hydrogen (secondary N) is 3. The van der Waals surface area contributed by atoms with Gasteiger partial charge in [0.1, 0.15) is 6.04 Å². The molecule has 0 radical (unpaired) electrons. The molecule has 362 valence electrons. The largest absolute Gasteiger partial charge is 0.382 e. The van der Waals surface area contributed by atoms with Gasteiger partial charge in [0.15, 0.2) is 11.5 Å². The number of nitrogen functional groups attached to an aromatic ring is 1. The third-order valence-electron chi connectivity index (χ3n) is 11.6. The molecule has 3 aliphatic heterocycles. The lowest BCUT2D eigenvalue weighted by Gasteiger charge is -2.33. The van der Waals surface area contributed by atoms with E-state index >= 15 is 0 Å². The smallest absolute Gasteiger partial charge is 0.278 e. The molecule has 23 nitrogen and oxygen atoms in total. The highest BCUT2D eigenvalue weighted by Crippen LogP contribution is 2.32. The zero-order chi connectivity index (χ0) is 48.3. The van der Waals surface area contributed by atoms with Crippen molar-refractivity contribution in [3.05, 3.63) is 102 Å². The molecule has 0 spiro atoms. The average molecular weight is 966 g/mol. The normalized spacial score (nSPS) is 16.7. The highest BCUT2D eigenvalue weighted by Gasteiger charge is 2.45. The number of hydrogen-bond donors (Lipinski definition) is 4. The second-order valence-electron chi connectivity index (χ2n) is 16.1. The maximum Gasteiger partial charge on any atom is 0.278 e. The highest BCUT2D eigenvalue weighted by molar-refractivity contribution is 7.89. The Morgan fingerprint density at radius 2 is 1.61 bits per heavy atom. The number of piperidine rings is 1. The van der Waals surface area contributed by atoms with Crippen molar-refractivity contribution in [1.29, 1.82) is 0 Å². The molecule has 8 rings (SSSR count). The summed E-state index contributed by atoms with van der Waals surface area (Å²) < 4.78 is 47.3. The SMILES string of the molecule is Nc1ncc(-c2ccc(S(=O)(=O)N3CCN(CCc4cn(CCOCCOCCOCCNc5cccc6c5C(=O)N(C5CCC(=O)NC5=O)C6=O)nn4)CC3)cc2)nc1C(=O)Nc1cccnc1. The van der Waals surface area contributed by atoms with Gasteiger partial charge in [-0.15, -0.1) is 5.10 Å². The number of benzene rings is 2. The van der Waals surface area contributed by atoms with Crippen molar-refractivity contribution in [2.24, 2.45) is 0 Å². The Morgan fingerprint density at radius 1 is 0.855 bits per heavy atom. The first-order chi connectivity index (χ1) is 33.5. The lowest BCUT2D eigenvalue weighted by molar-refractivity contribution is -0.136. The number of ether oxygens (including phenoxy) is 3. The minimum absolute atomic E-state index is 0.0434. The molecule has 0 aliphatic carbocycles. The van der Waals surface area contributed by atoms with Crippen LogP contribution in [0.5, 0.6) is 0 Å². The topological polar surface area (TPSA) is 288 Å². The summed E-state index contributed by atoms with van der Waals surface area (Å²) in [6, 6.07) is 13.5. The molecule has 0 saturated carbocycles. The van der Waals surface area contributed by atoms with Crippen LogP contribution in [0, 0.1) is 0 Å². The fourth-order valence-corrected chi connectivity index (χ4v) is 9.35. The van der Waals surface area contributed by atoms with E-state index < -0.39 is 45.6 Å². The van der Waals surface area contributed by atoms with Crippen LogP contribution in [0.15, 0.2) is 84.3 Å². The van der Waals surface area contributed by atoms with Crippen molar-refractivity contribution in [1.82, 2.24) is 49.4 Å². The first-order valence-corrected chi connectivity index (χ1v) is 23.8. The predicted molar refractivity (Wildman–Crippen MR) is 247 cm³/mol. The molecule has 5 N–H and O–H groups in total. The standard InChI is InChI=1S/C45H51N13O10S/c46-41-40(43(61)50-31-3-2-13-47-27-31)51-36(28-49-41)30-6-8-33(9-7-30)69(64,65)57-18-16-55(17-19-57)15-12-32-29-56(54-53-32)20-22-67-24-26-68-25-23-66-21-14-48-35-5-1-4-34-39(35)45(63)58(44(34)62)37-10-11-38(59)52-42(37)60/h1-9,13,27-29,37,48H,10-12,14-26H2,(H2,46,49)(H,50,61)(H,52,59,60). The van der Waals surface area contributed by atoms with E-state index in [0.717, 1.165) is 10.6 Å². The van der Waals surface area contributed by atoms with Gasteiger partial charge >= 0.3 is 0 Å². The number of imide groups is 2. The van der Waals surface area contributed by atoms with E-state index in [1.807, 2.05) is 6.20 Å². The third kappa shape index (κ3) is 11.8. The van der Waals surface area contributed by atoms with Gasteiger partial charge in [0.25, 0.3) is 17.7 Å². The van der Waals surface area contributed by atoms with Crippen LogP contribution in [0.25, 0.3) is 11.3 Å². The number of sulfonamides is 1. The molecule has 24 heteroatoms. The summed E-state index contributed by atoms with van der Waals surface area (Å²) in [5.41, 5.74) is 8.97. The molecule has 6 heterocycles. The number of pyridine rings is 1. The number of carbonyl (C=O) groups excluding carboxylic acids is 5. The fraction of sp³-hybridized carbons (Fsp3) is 0.378. The Kier molecular flexibility index (Phi) is 15.7. The molecule has 2 aromatic carbocycles. The molecular formula is C45H51N13O10S. The van der Waals surface area contributed by atoms with E-state index in [0.29, 0.717) is 115 Å². The number of hydrogen-bond acceptors (Lipinski definition) is 18. The monoisotopic (exact) mass is 965 g/mol. The first-order valence-electron chi connectivity index (χ1n) is 22.3. The van der Waals surface area contributed by atoms with Crippen molar-refractivity contribution in [2.75, 3.05) is 95.3 Å². The van der Waals surface area contributed by atoms with Crippen LogP contribution in [0.1, 0.15) is 49.7 Å². The van der Waals surface area contributed by atoms with Crippen LogP contribution >= 0.6 is 0 Å². The number of amides is 5. The molecule has 2 fully saturated rings. The molecule has 3 aromatic heterocycles. The van der Waals surface area contributed by atoms with Crippen LogP contribution in [0.2, 0.25) is 0 Å². The maximum atomic E-state index is 13.6. The Morgan fingerprint density at radius 3 is 2.35 bits per heavy atom. The van der Waals surface area contributed by atoms with Gasteiger partial charge in [-0.05, 0) is 42.8 Å². The zero-order valence-corrected chi connectivity index (χ0v) is 38.3. The van der Waals surface area contributed by atoms with Crippen molar-refractivity contribution in [3.63, 3.8) is 0 Å². The van der Waals surface area contributed by atoms with E-state index in [2.05, 4.69) is 46.1 Å². The lowest BCUT2D eigenvalue weighted by Crippen LogP contribution is -2.54. The van der Waals surface area contributed by atoms with E-state index in [9.17, 15) is 32.4 Å². The van der Waals surface area contributed by atoms with Crippen molar-refractivity contribution in [2.45, 2.75) is 36.7 Å². The summed E-state index contributed by atoms with van der Waals surface area (Å²) >= 11 is 0. The zero-order valence-electron chi connectivity index (χ0n) is 37.5. The van der Waals surface area contributed by atoms with Crippen molar-refractivity contribution >= 4 is 56.8 Å². The molecule has 1 atom stereocenters. The molecule has 3 aliphatic rings. The molecule has 2 saturated heterocycles. The summed E-state index contributed by atoms with van der Waals surface area (Å²) in [4.78, 5) is 78.9. The van der Waals surface area contributed by atoms with Crippen LogP contribution in [-0.4, -0.2) is 167 Å². The van der Waals surface area contributed by atoms with E-state index in [4.69, 9.17) is 19.9 Å². The molecule has 5 aromatic rings. The van der Waals surface area contributed by atoms with E-state index in [-0.39, 0.29) is 40.4 Å². The number of carbonyl (C=O) groups is 5. The number of rotatable bonds is 22. The van der Waals surface area contributed by atoms with Gasteiger partial charge in [0.05, 0.1) is 91.7 Å². The predicted octanol–water partition coefficient (Wildman–Crippen LogP) is 1.08. The van der Waals surface area contributed by atoms with Gasteiger partial charge < -0.3 is 35.5 Å². The van der Waals surface area contributed by atoms with Crippen molar-refractivity contribution < 1.29 is 46.6 Å². The molecule has 1 unspecified atom stereocenters. The number of nitrogens with zero attached hydrogens (tertiary/aromatic N) is 9. The number of fused-ring (bicyclic) bond motifs is 1. The highest BCUT2D eigenvalue weighted by atomic mass is 32.2.